The van der Waals surface area contributed by atoms with Crippen LogP contribution in [-0.4, -0.2) is 40.1 Å². The molecule has 8 heteroatoms. The summed E-state index contributed by atoms with van der Waals surface area (Å²) in [5.74, 6) is -0.695. The largest absolute Gasteiger partial charge is 0.465 e. The van der Waals surface area contributed by atoms with Crippen LogP contribution in [0.5, 0.6) is 0 Å². The van der Waals surface area contributed by atoms with E-state index in [2.05, 4.69) is 21.2 Å². The summed E-state index contributed by atoms with van der Waals surface area (Å²) in [5, 5.41) is 14.2. The van der Waals surface area contributed by atoms with Crippen molar-refractivity contribution in [1.29, 1.82) is 0 Å². The van der Waals surface area contributed by atoms with Crippen molar-refractivity contribution in [3.63, 3.8) is 0 Å². The first-order chi connectivity index (χ1) is 12.6. The van der Waals surface area contributed by atoms with Crippen LogP contribution in [-0.2, 0) is 6.42 Å². The number of benzene rings is 1. The molecule has 2 aromatic rings. The van der Waals surface area contributed by atoms with Crippen molar-refractivity contribution in [3.05, 3.63) is 56.4 Å². The maximum absolute atomic E-state index is 14.1. The number of rotatable bonds is 6. The highest BCUT2D eigenvalue weighted by molar-refractivity contribution is 9.10. The van der Waals surface area contributed by atoms with E-state index in [4.69, 9.17) is 0 Å². The molecule has 0 bridgehead atoms. The van der Waals surface area contributed by atoms with Gasteiger partial charge in [0.05, 0.1) is 10.9 Å². The Morgan fingerprint density at radius 2 is 2.00 bits per heavy atom. The molecule has 2 rings (SSSR count). The van der Waals surface area contributed by atoms with Crippen molar-refractivity contribution in [2.45, 2.75) is 38.8 Å². The van der Waals surface area contributed by atoms with Crippen molar-refractivity contribution in [2.75, 3.05) is 6.54 Å². The van der Waals surface area contributed by atoms with Gasteiger partial charge >= 0.3 is 6.09 Å². The molecule has 2 amide bonds. The van der Waals surface area contributed by atoms with Gasteiger partial charge in [0.15, 0.2) is 0 Å². The predicted octanol–water partition coefficient (Wildman–Crippen LogP) is 4.77. The van der Waals surface area contributed by atoms with Crippen LogP contribution in [0.1, 0.15) is 36.0 Å². The van der Waals surface area contributed by atoms with Gasteiger partial charge in [0.25, 0.3) is 5.91 Å². The summed E-state index contributed by atoms with van der Waals surface area (Å²) in [6.45, 7) is 5.38. The zero-order valence-electron chi connectivity index (χ0n) is 15.3. The third kappa shape index (κ3) is 6.04. The van der Waals surface area contributed by atoms with Crippen molar-refractivity contribution >= 4 is 39.3 Å². The highest BCUT2D eigenvalue weighted by Crippen LogP contribution is 2.21. The Bertz CT molecular complexity index is 819. The fourth-order valence-electron chi connectivity index (χ4n) is 2.64. The van der Waals surface area contributed by atoms with Crippen LogP contribution in [0.3, 0.4) is 0 Å². The summed E-state index contributed by atoms with van der Waals surface area (Å²) in [4.78, 5) is 26.0. The van der Waals surface area contributed by atoms with Crippen LogP contribution >= 0.6 is 27.3 Å². The second kappa shape index (κ2) is 8.84. The number of carbonyl (C=O) groups is 2. The number of nitrogens with zero attached hydrogens (tertiary/aromatic N) is 1. The number of hydrogen-bond acceptors (Lipinski definition) is 3. The third-order valence-electron chi connectivity index (χ3n) is 3.99. The number of nitrogens with one attached hydrogen (secondary N) is 1. The molecule has 0 radical (unpaired) electrons. The summed E-state index contributed by atoms with van der Waals surface area (Å²) in [6, 6.07) is 7.41. The fraction of sp³-hybridized carbons (Fsp3) is 0.368. The van der Waals surface area contributed by atoms with Crippen molar-refractivity contribution < 1.29 is 19.1 Å². The standard InChI is InChI=1S/C19H22BrFN2O3S/c1-19(2,3)23(18(25)26)10-14(8-12-6-4-5-7-15(12)21)22-17(24)16-9-13(20)11-27-16/h4-7,9,11,14H,8,10H2,1-3H3,(H,22,24)(H,25,26)/t14-/m1/s1. The number of hydrogen-bond donors (Lipinski definition) is 2. The molecule has 5 nitrogen and oxygen atoms in total. The molecule has 1 aromatic heterocycles. The molecular formula is C19H22BrFN2O3S. The summed E-state index contributed by atoms with van der Waals surface area (Å²) in [7, 11) is 0. The first-order valence-electron chi connectivity index (χ1n) is 8.37. The fourth-order valence-corrected chi connectivity index (χ4v) is 3.97. The van der Waals surface area contributed by atoms with E-state index in [1.165, 1.54) is 22.3 Å². The molecular weight excluding hydrogens is 435 g/mol. The highest BCUT2D eigenvalue weighted by atomic mass is 79.9. The Morgan fingerprint density at radius 1 is 1.33 bits per heavy atom. The Morgan fingerprint density at radius 3 is 2.52 bits per heavy atom. The van der Waals surface area contributed by atoms with E-state index in [-0.39, 0.29) is 24.7 Å². The zero-order chi connectivity index (χ0) is 20.2. The van der Waals surface area contributed by atoms with E-state index < -0.39 is 17.7 Å². The number of thiophene rings is 1. The van der Waals surface area contributed by atoms with Crippen LogP contribution < -0.4 is 5.32 Å². The van der Waals surface area contributed by atoms with E-state index in [0.717, 1.165) is 4.47 Å². The van der Waals surface area contributed by atoms with E-state index in [9.17, 15) is 19.1 Å². The van der Waals surface area contributed by atoms with Crippen molar-refractivity contribution in [1.82, 2.24) is 10.2 Å². The maximum Gasteiger partial charge on any atom is 0.407 e. The summed E-state index contributed by atoms with van der Waals surface area (Å²) < 4.78 is 14.9. The number of amides is 2. The second-order valence-electron chi connectivity index (χ2n) is 7.16. The van der Waals surface area contributed by atoms with Gasteiger partial charge in [-0.05, 0) is 60.8 Å². The molecule has 0 aliphatic carbocycles. The van der Waals surface area contributed by atoms with Gasteiger partial charge in [0.2, 0.25) is 0 Å². The zero-order valence-corrected chi connectivity index (χ0v) is 17.7. The summed E-state index contributed by atoms with van der Waals surface area (Å²) in [5.41, 5.74) is -0.231. The molecule has 0 unspecified atom stereocenters. The molecule has 0 saturated heterocycles. The smallest absolute Gasteiger partial charge is 0.407 e. The van der Waals surface area contributed by atoms with Gasteiger partial charge in [0.1, 0.15) is 5.82 Å². The summed E-state index contributed by atoms with van der Waals surface area (Å²) in [6.07, 6.45) is -0.903. The van der Waals surface area contributed by atoms with Gasteiger partial charge < -0.3 is 15.3 Å². The topological polar surface area (TPSA) is 69.6 Å². The van der Waals surface area contributed by atoms with Gasteiger partial charge in [-0.2, -0.15) is 0 Å². The number of carboxylic acid groups (broad SMARTS) is 1. The molecule has 0 spiro atoms. The third-order valence-corrected chi connectivity index (χ3v) is 5.68. The summed E-state index contributed by atoms with van der Waals surface area (Å²) >= 11 is 4.59. The first kappa shape index (κ1) is 21.4. The van der Waals surface area contributed by atoms with Gasteiger partial charge in [-0.25, -0.2) is 9.18 Å². The van der Waals surface area contributed by atoms with E-state index >= 15 is 0 Å². The lowest BCUT2D eigenvalue weighted by Crippen LogP contribution is -2.53. The molecule has 27 heavy (non-hydrogen) atoms. The van der Waals surface area contributed by atoms with E-state index in [0.29, 0.717) is 10.4 Å². The van der Waals surface area contributed by atoms with Crippen molar-refractivity contribution in [3.8, 4) is 0 Å². The van der Waals surface area contributed by atoms with Crippen LogP contribution in [0.25, 0.3) is 0 Å². The van der Waals surface area contributed by atoms with Gasteiger partial charge in [-0.15, -0.1) is 11.3 Å². The van der Waals surface area contributed by atoms with Gasteiger partial charge in [-0.1, -0.05) is 18.2 Å². The van der Waals surface area contributed by atoms with Crippen LogP contribution in [0.2, 0.25) is 0 Å². The normalized spacial score (nSPS) is 12.5. The molecule has 0 fully saturated rings. The van der Waals surface area contributed by atoms with Crippen LogP contribution in [0.15, 0.2) is 40.2 Å². The Kier molecular flexibility index (Phi) is 7.00. The molecule has 0 aliphatic rings. The highest BCUT2D eigenvalue weighted by Gasteiger charge is 2.30. The maximum atomic E-state index is 14.1. The lowest BCUT2D eigenvalue weighted by molar-refractivity contribution is 0.0824. The average Bonchev–Trinajstić information content (AvgIpc) is 2.99. The minimum absolute atomic E-state index is 0.0471. The molecule has 1 heterocycles. The predicted molar refractivity (Wildman–Crippen MR) is 108 cm³/mol. The number of halogens is 2. The van der Waals surface area contributed by atoms with Crippen molar-refractivity contribution in [2.24, 2.45) is 0 Å². The molecule has 0 saturated carbocycles. The minimum atomic E-state index is -1.09. The first-order valence-corrected chi connectivity index (χ1v) is 10.0. The van der Waals surface area contributed by atoms with Gasteiger partial charge in [-0.3, -0.25) is 4.79 Å². The monoisotopic (exact) mass is 456 g/mol. The SMILES string of the molecule is CC(C)(C)N(C[C@@H](Cc1ccccc1F)NC(=O)c1cc(Br)cs1)C(=O)O. The lowest BCUT2D eigenvalue weighted by Gasteiger charge is -2.36. The molecule has 146 valence electrons. The van der Waals surface area contributed by atoms with E-state index in [1.54, 1.807) is 50.4 Å². The quantitative estimate of drug-likeness (QED) is 0.657. The van der Waals surface area contributed by atoms with Gasteiger partial charge in [0, 0.05) is 21.9 Å². The molecule has 1 atom stereocenters. The Labute approximate surface area is 170 Å². The van der Waals surface area contributed by atoms with E-state index in [1.807, 2.05) is 0 Å². The molecule has 2 N–H and O–H groups in total. The second-order valence-corrected chi connectivity index (χ2v) is 8.99. The van der Waals surface area contributed by atoms with Crippen LogP contribution in [0, 0.1) is 5.82 Å². The molecule has 0 aliphatic heterocycles. The molecule has 1 aromatic carbocycles. The minimum Gasteiger partial charge on any atom is -0.465 e. The average molecular weight is 457 g/mol. The van der Waals surface area contributed by atoms with Crippen LogP contribution in [0.4, 0.5) is 9.18 Å². The lowest BCUT2D eigenvalue weighted by atomic mass is 10.0. The Balaban J connectivity index is 2.25. The number of carbonyl (C=O) groups excluding carboxylic acids is 1. The Hall–Kier alpha value is -1.93.